The van der Waals surface area contributed by atoms with Crippen LogP contribution in [0.25, 0.3) is 0 Å². The smallest absolute Gasteiger partial charge is 0.261 e. The Labute approximate surface area is 183 Å². The van der Waals surface area contributed by atoms with E-state index < -0.39 is 8.32 Å². The summed E-state index contributed by atoms with van der Waals surface area (Å²) < 4.78 is 13.5. The standard InChI is InChI=1S/C26H37NO2Si/c1-25(2,3)30(23-12-7-5-8-13-23,24-14-9-6-10-15-24)28-20-21-18-22(19-27-21)29-26(4)16-11-17-26/h5-10,12-15,21-22,27H,11,16-20H2,1-4H3. The molecule has 162 valence electrons. The van der Waals surface area contributed by atoms with Gasteiger partial charge >= 0.3 is 0 Å². The molecule has 1 N–H and O–H groups in total. The largest absolute Gasteiger partial charge is 0.406 e. The van der Waals surface area contributed by atoms with Gasteiger partial charge in [0.25, 0.3) is 8.32 Å². The van der Waals surface area contributed by atoms with Crippen molar-refractivity contribution in [3.63, 3.8) is 0 Å². The van der Waals surface area contributed by atoms with Crippen molar-refractivity contribution in [3.05, 3.63) is 60.7 Å². The predicted molar refractivity (Wildman–Crippen MR) is 127 cm³/mol. The molecule has 2 unspecified atom stereocenters. The molecule has 4 heteroatoms. The summed E-state index contributed by atoms with van der Waals surface area (Å²) in [4.78, 5) is 0. The van der Waals surface area contributed by atoms with E-state index >= 15 is 0 Å². The van der Waals surface area contributed by atoms with Crippen molar-refractivity contribution >= 4 is 18.7 Å². The lowest BCUT2D eigenvalue weighted by atomic mass is 9.81. The van der Waals surface area contributed by atoms with Gasteiger partial charge in [-0.3, -0.25) is 0 Å². The third-order valence-electron chi connectivity index (χ3n) is 6.96. The maximum absolute atomic E-state index is 7.09. The molecule has 1 saturated carbocycles. The van der Waals surface area contributed by atoms with Gasteiger partial charge < -0.3 is 14.5 Å². The number of hydrogen-bond donors (Lipinski definition) is 1. The van der Waals surface area contributed by atoms with Gasteiger partial charge in [0.2, 0.25) is 0 Å². The molecule has 1 saturated heterocycles. The van der Waals surface area contributed by atoms with Gasteiger partial charge in [-0.05, 0) is 48.0 Å². The summed E-state index contributed by atoms with van der Waals surface area (Å²) in [6.07, 6.45) is 5.05. The highest BCUT2D eigenvalue weighted by atomic mass is 28.4. The number of benzene rings is 2. The van der Waals surface area contributed by atoms with Crippen molar-refractivity contribution in [1.82, 2.24) is 5.32 Å². The van der Waals surface area contributed by atoms with E-state index in [-0.39, 0.29) is 10.6 Å². The van der Waals surface area contributed by atoms with Crippen molar-refractivity contribution < 1.29 is 9.16 Å². The molecule has 0 radical (unpaired) electrons. The highest BCUT2D eigenvalue weighted by molar-refractivity contribution is 6.99. The molecule has 2 atom stereocenters. The first kappa shape index (κ1) is 21.8. The van der Waals surface area contributed by atoms with Gasteiger partial charge in [0, 0.05) is 12.6 Å². The average molecular weight is 424 g/mol. The summed E-state index contributed by atoms with van der Waals surface area (Å²) in [7, 11) is -2.46. The van der Waals surface area contributed by atoms with Crippen LogP contribution in [-0.4, -0.2) is 39.2 Å². The minimum absolute atomic E-state index is 0.0175. The molecular weight excluding hydrogens is 386 g/mol. The fraction of sp³-hybridized carbons (Fsp3) is 0.538. The fourth-order valence-electron chi connectivity index (χ4n) is 5.18. The Hall–Kier alpha value is -1.46. The Morgan fingerprint density at radius 1 is 0.967 bits per heavy atom. The Bertz CT molecular complexity index is 774. The van der Waals surface area contributed by atoms with E-state index in [1.165, 1.54) is 29.6 Å². The molecule has 30 heavy (non-hydrogen) atoms. The van der Waals surface area contributed by atoms with Crippen molar-refractivity contribution in [2.45, 2.75) is 76.2 Å². The van der Waals surface area contributed by atoms with E-state index in [1.54, 1.807) is 0 Å². The van der Waals surface area contributed by atoms with Crippen molar-refractivity contribution in [2.75, 3.05) is 13.2 Å². The second-order valence-corrected chi connectivity index (χ2v) is 14.7. The summed E-state index contributed by atoms with van der Waals surface area (Å²) >= 11 is 0. The molecule has 3 nitrogen and oxygen atoms in total. The molecule has 2 aliphatic rings. The lowest BCUT2D eigenvalue weighted by molar-refractivity contribution is -0.121. The monoisotopic (exact) mass is 423 g/mol. The number of rotatable bonds is 7. The highest BCUT2D eigenvalue weighted by Gasteiger charge is 2.50. The molecule has 2 aromatic rings. The van der Waals surface area contributed by atoms with E-state index in [0.29, 0.717) is 12.1 Å². The molecule has 0 amide bonds. The minimum atomic E-state index is -2.46. The van der Waals surface area contributed by atoms with Crippen molar-refractivity contribution in [1.29, 1.82) is 0 Å². The number of ether oxygens (including phenoxy) is 1. The zero-order chi connectivity index (χ0) is 21.2. The van der Waals surface area contributed by atoms with Gasteiger partial charge in [0.05, 0.1) is 18.3 Å². The topological polar surface area (TPSA) is 30.5 Å². The van der Waals surface area contributed by atoms with E-state index in [4.69, 9.17) is 9.16 Å². The van der Waals surface area contributed by atoms with Gasteiger partial charge in [-0.2, -0.15) is 0 Å². The van der Waals surface area contributed by atoms with Crippen LogP contribution in [0.4, 0.5) is 0 Å². The Morgan fingerprint density at radius 2 is 1.53 bits per heavy atom. The minimum Gasteiger partial charge on any atom is -0.406 e. The summed E-state index contributed by atoms with van der Waals surface area (Å²) in [5.74, 6) is 0. The van der Waals surface area contributed by atoms with Crippen LogP contribution in [0.15, 0.2) is 60.7 Å². The normalized spacial score (nSPS) is 23.9. The second kappa shape index (κ2) is 8.58. The van der Waals surface area contributed by atoms with Gasteiger partial charge in [-0.1, -0.05) is 81.4 Å². The molecule has 2 fully saturated rings. The van der Waals surface area contributed by atoms with Crippen molar-refractivity contribution in [2.24, 2.45) is 0 Å². The molecule has 1 aliphatic heterocycles. The molecule has 0 bridgehead atoms. The van der Waals surface area contributed by atoms with Crippen LogP contribution >= 0.6 is 0 Å². The Kier molecular flexibility index (Phi) is 6.22. The van der Waals surface area contributed by atoms with Crippen LogP contribution in [0, 0.1) is 0 Å². The lowest BCUT2D eigenvalue weighted by Gasteiger charge is -2.43. The van der Waals surface area contributed by atoms with E-state index in [2.05, 4.69) is 93.7 Å². The third-order valence-corrected chi connectivity index (χ3v) is 12.0. The SMILES string of the molecule is CC1(OC2CNC(CO[Si](c3ccccc3)(c3ccccc3)C(C)(C)C)C2)CCC1. The van der Waals surface area contributed by atoms with Crippen LogP contribution in [0.1, 0.15) is 53.4 Å². The average Bonchev–Trinajstić information content (AvgIpc) is 3.15. The molecule has 1 aliphatic carbocycles. The molecular formula is C26H37NO2Si. The summed E-state index contributed by atoms with van der Waals surface area (Å²) in [5, 5.41) is 6.38. The van der Waals surface area contributed by atoms with Gasteiger partial charge in [-0.25, -0.2) is 0 Å². The predicted octanol–water partition coefficient (Wildman–Crippen LogP) is 4.25. The fourth-order valence-corrected chi connectivity index (χ4v) is 9.79. The maximum Gasteiger partial charge on any atom is 0.261 e. The summed E-state index contributed by atoms with van der Waals surface area (Å²) in [5.41, 5.74) is 0.111. The summed E-state index contributed by atoms with van der Waals surface area (Å²) in [6, 6.07) is 22.2. The molecule has 0 aromatic heterocycles. The van der Waals surface area contributed by atoms with Gasteiger partial charge in [0.15, 0.2) is 0 Å². The van der Waals surface area contributed by atoms with E-state index in [1.807, 2.05) is 0 Å². The zero-order valence-electron chi connectivity index (χ0n) is 19.0. The first-order valence-electron chi connectivity index (χ1n) is 11.5. The molecule has 2 aromatic carbocycles. The van der Waals surface area contributed by atoms with E-state index in [0.717, 1.165) is 19.6 Å². The first-order chi connectivity index (χ1) is 14.3. The van der Waals surface area contributed by atoms with Crippen LogP contribution < -0.4 is 15.7 Å². The lowest BCUT2D eigenvalue weighted by Crippen LogP contribution is -2.67. The van der Waals surface area contributed by atoms with Crippen LogP contribution in [0.3, 0.4) is 0 Å². The highest BCUT2D eigenvalue weighted by Crippen LogP contribution is 2.38. The second-order valence-electron chi connectivity index (χ2n) is 10.4. The third kappa shape index (κ3) is 4.29. The van der Waals surface area contributed by atoms with Crippen molar-refractivity contribution in [3.8, 4) is 0 Å². The molecule has 0 spiro atoms. The first-order valence-corrected chi connectivity index (χ1v) is 13.4. The van der Waals surface area contributed by atoms with Crippen LogP contribution in [-0.2, 0) is 9.16 Å². The van der Waals surface area contributed by atoms with Crippen LogP contribution in [0.2, 0.25) is 5.04 Å². The number of hydrogen-bond acceptors (Lipinski definition) is 3. The molecule has 1 heterocycles. The quantitative estimate of drug-likeness (QED) is 0.675. The van der Waals surface area contributed by atoms with Gasteiger partial charge in [-0.15, -0.1) is 0 Å². The zero-order valence-corrected chi connectivity index (χ0v) is 20.0. The summed E-state index contributed by atoms with van der Waals surface area (Å²) in [6.45, 7) is 10.9. The number of nitrogens with one attached hydrogen (secondary N) is 1. The Morgan fingerprint density at radius 3 is 2.00 bits per heavy atom. The molecule has 4 rings (SSSR count). The van der Waals surface area contributed by atoms with Crippen LogP contribution in [0.5, 0.6) is 0 Å². The van der Waals surface area contributed by atoms with E-state index in [9.17, 15) is 0 Å². The van der Waals surface area contributed by atoms with Gasteiger partial charge in [0.1, 0.15) is 0 Å². The maximum atomic E-state index is 7.09. The Balaban J connectivity index is 1.55.